The number of alkyl halides is 3. The maximum absolute atomic E-state index is 12.4. The molecule has 1 aromatic carbocycles. The zero-order valence-electron chi connectivity index (χ0n) is 12.4. The number of benzene rings is 1. The number of aromatic amines is 1. The average molecular weight is 326 g/mol. The second-order valence-electron chi connectivity index (χ2n) is 5.51. The Morgan fingerprint density at radius 2 is 2.13 bits per heavy atom. The fourth-order valence-electron chi connectivity index (χ4n) is 2.85. The summed E-state index contributed by atoms with van der Waals surface area (Å²) in [4.78, 5) is 6.37. The van der Waals surface area contributed by atoms with E-state index in [4.69, 9.17) is 4.74 Å². The summed E-state index contributed by atoms with van der Waals surface area (Å²) in [6.07, 6.45) is -0.924. The largest absolute Gasteiger partial charge is 0.484 e. The molecule has 0 saturated carbocycles. The molecule has 2 aromatic rings. The minimum atomic E-state index is -4.34. The monoisotopic (exact) mass is 326 g/mol. The zero-order valence-corrected chi connectivity index (χ0v) is 12.4. The summed E-state index contributed by atoms with van der Waals surface area (Å²) >= 11 is 0. The van der Waals surface area contributed by atoms with Crippen LogP contribution in [0.3, 0.4) is 0 Å². The number of aromatic nitrogens is 3. The van der Waals surface area contributed by atoms with E-state index in [1.807, 2.05) is 0 Å². The van der Waals surface area contributed by atoms with Crippen LogP contribution in [0.5, 0.6) is 5.75 Å². The Bertz CT molecular complexity index is 630. The van der Waals surface area contributed by atoms with Crippen molar-refractivity contribution in [2.24, 2.45) is 0 Å². The van der Waals surface area contributed by atoms with Gasteiger partial charge < -0.3 is 4.74 Å². The van der Waals surface area contributed by atoms with Crippen molar-refractivity contribution in [2.45, 2.75) is 31.6 Å². The quantitative estimate of drug-likeness (QED) is 0.917. The molecule has 3 rings (SSSR count). The summed E-state index contributed by atoms with van der Waals surface area (Å²) in [5.74, 6) is 1.06. The average Bonchev–Trinajstić information content (AvgIpc) is 3.16. The fraction of sp³-hybridized carbons (Fsp3) is 0.467. The smallest absolute Gasteiger partial charge is 0.422 e. The number of ether oxygens (including phenoxy) is 1. The van der Waals surface area contributed by atoms with Crippen molar-refractivity contribution in [1.82, 2.24) is 20.1 Å². The molecule has 1 atom stereocenters. The highest BCUT2D eigenvalue weighted by Crippen LogP contribution is 2.33. The van der Waals surface area contributed by atoms with Crippen LogP contribution in [0.1, 0.15) is 30.3 Å². The lowest BCUT2D eigenvalue weighted by molar-refractivity contribution is -0.153. The molecule has 8 heteroatoms. The van der Waals surface area contributed by atoms with E-state index in [0.717, 1.165) is 30.8 Å². The van der Waals surface area contributed by atoms with Crippen LogP contribution in [0.4, 0.5) is 13.2 Å². The molecular weight excluding hydrogens is 309 g/mol. The molecule has 1 aromatic heterocycles. The van der Waals surface area contributed by atoms with E-state index in [9.17, 15) is 13.2 Å². The van der Waals surface area contributed by atoms with Gasteiger partial charge in [-0.3, -0.25) is 10.00 Å². The van der Waals surface area contributed by atoms with E-state index in [2.05, 4.69) is 20.1 Å². The first-order valence-electron chi connectivity index (χ1n) is 7.40. The molecule has 0 radical (unpaired) electrons. The van der Waals surface area contributed by atoms with E-state index in [0.29, 0.717) is 6.54 Å². The number of H-pyrrole nitrogens is 1. The Morgan fingerprint density at radius 1 is 1.30 bits per heavy atom. The number of nitrogens with zero attached hydrogens (tertiary/aromatic N) is 3. The van der Waals surface area contributed by atoms with Crippen LogP contribution in [0, 0.1) is 0 Å². The first kappa shape index (κ1) is 15.8. The summed E-state index contributed by atoms with van der Waals surface area (Å²) in [6.45, 7) is 0.0912. The van der Waals surface area contributed by atoms with Gasteiger partial charge in [-0.1, -0.05) is 18.2 Å². The van der Waals surface area contributed by atoms with Crippen molar-refractivity contribution in [1.29, 1.82) is 0 Å². The molecule has 23 heavy (non-hydrogen) atoms. The SMILES string of the molecule is FC(F)(F)COc1ccccc1CN1CCC[C@H]1c1ncn[nH]1. The second-order valence-corrected chi connectivity index (χ2v) is 5.51. The molecule has 0 bridgehead atoms. The third-order valence-electron chi connectivity index (χ3n) is 3.85. The molecule has 2 heterocycles. The van der Waals surface area contributed by atoms with Gasteiger partial charge in [0.05, 0.1) is 6.04 Å². The van der Waals surface area contributed by atoms with Gasteiger partial charge in [-0.25, -0.2) is 4.98 Å². The van der Waals surface area contributed by atoms with E-state index in [1.165, 1.54) is 6.33 Å². The van der Waals surface area contributed by atoms with Gasteiger partial charge >= 0.3 is 6.18 Å². The molecule has 1 N–H and O–H groups in total. The third-order valence-corrected chi connectivity index (χ3v) is 3.85. The lowest BCUT2D eigenvalue weighted by Crippen LogP contribution is -2.25. The Morgan fingerprint density at radius 3 is 2.87 bits per heavy atom. The van der Waals surface area contributed by atoms with Gasteiger partial charge in [0.1, 0.15) is 17.9 Å². The molecule has 124 valence electrons. The van der Waals surface area contributed by atoms with Gasteiger partial charge in [0, 0.05) is 12.1 Å². The van der Waals surface area contributed by atoms with Crippen molar-refractivity contribution >= 4 is 0 Å². The number of para-hydroxylation sites is 1. The van der Waals surface area contributed by atoms with Crippen LogP contribution in [0.2, 0.25) is 0 Å². The number of likely N-dealkylation sites (tertiary alicyclic amines) is 1. The molecule has 0 unspecified atom stereocenters. The summed E-state index contributed by atoms with van der Waals surface area (Å²) < 4.78 is 42.1. The zero-order chi connectivity index (χ0) is 16.3. The van der Waals surface area contributed by atoms with E-state index < -0.39 is 12.8 Å². The maximum Gasteiger partial charge on any atom is 0.422 e. The second kappa shape index (κ2) is 6.57. The highest BCUT2D eigenvalue weighted by molar-refractivity contribution is 5.33. The number of nitrogens with one attached hydrogen (secondary N) is 1. The standard InChI is InChI=1S/C15H17F3N4O/c16-15(17,18)9-23-13-6-2-1-4-11(13)8-22-7-3-5-12(22)14-19-10-20-21-14/h1-2,4,6,10,12H,3,5,7-9H2,(H,19,20,21)/t12-/m0/s1. The highest BCUT2D eigenvalue weighted by Gasteiger charge is 2.30. The third kappa shape index (κ3) is 4.01. The van der Waals surface area contributed by atoms with Crippen LogP contribution in [-0.4, -0.2) is 39.4 Å². The van der Waals surface area contributed by atoms with Crippen LogP contribution in [0.15, 0.2) is 30.6 Å². The normalized spacial score (nSPS) is 19.2. The summed E-state index contributed by atoms with van der Waals surface area (Å²) in [5.41, 5.74) is 0.739. The Kier molecular flexibility index (Phi) is 4.51. The summed E-state index contributed by atoms with van der Waals surface area (Å²) in [7, 11) is 0. The maximum atomic E-state index is 12.4. The van der Waals surface area contributed by atoms with Gasteiger partial charge in [0.15, 0.2) is 6.61 Å². The Balaban J connectivity index is 1.72. The molecule has 1 saturated heterocycles. The Hall–Kier alpha value is -2.09. The van der Waals surface area contributed by atoms with Gasteiger partial charge in [0.2, 0.25) is 0 Å². The fourth-order valence-corrected chi connectivity index (χ4v) is 2.85. The lowest BCUT2D eigenvalue weighted by Gasteiger charge is -2.24. The summed E-state index contributed by atoms with van der Waals surface area (Å²) in [5, 5.41) is 6.74. The van der Waals surface area contributed by atoms with Crippen molar-refractivity contribution in [3.63, 3.8) is 0 Å². The van der Waals surface area contributed by atoms with Crippen LogP contribution < -0.4 is 4.74 Å². The number of hydrogen-bond acceptors (Lipinski definition) is 4. The molecule has 0 aliphatic carbocycles. The summed E-state index contributed by atoms with van der Waals surface area (Å²) in [6, 6.07) is 6.94. The minimum absolute atomic E-state index is 0.105. The molecule has 0 spiro atoms. The van der Waals surface area contributed by atoms with Crippen LogP contribution in [-0.2, 0) is 6.54 Å². The molecule has 0 amide bonds. The highest BCUT2D eigenvalue weighted by atomic mass is 19.4. The van der Waals surface area contributed by atoms with Crippen LogP contribution >= 0.6 is 0 Å². The first-order valence-corrected chi connectivity index (χ1v) is 7.40. The first-order chi connectivity index (χ1) is 11.0. The number of hydrogen-bond donors (Lipinski definition) is 1. The molecule has 1 aliphatic heterocycles. The molecular formula is C15H17F3N4O. The Labute approximate surface area is 131 Å². The number of halogens is 3. The van der Waals surface area contributed by atoms with E-state index >= 15 is 0 Å². The minimum Gasteiger partial charge on any atom is -0.484 e. The van der Waals surface area contributed by atoms with Gasteiger partial charge in [-0.2, -0.15) is 18.3 Å². The van der Waals surface area contributed by atoms with Gasteiger partial charge in [-0.05, 0) is 25.5 Å². The molecule has 1 aliphatic rings. The van der Waals surface area contributed by atoms with E-state index in [-0.39, 0.29) is 11.8 Å². The van der Waals surface area contributed by atoms with E-state index in [1.54, 1.807) is 24.3 Å². The predicted molar refractivity (Wildman–Crippen MR) is 76.8 cm³/mol. The topological polar surface area (TPSA) is 54.0 Å². The lowest BCUT2D eigenvalue weighted by atomic mass is 10.1. The van der Waals surface area contributed by atoms with Crippen molar-refractivity contribution < 1.29 is 17.9 Å². The van der Waals surface area contributed by atoms with Crippen molar-refractivity contribution in [3.05, 3.63) is 42.0 Å². The molecule has 1 fully saturated rings. The van der Waals surface area contributed by atoms with Crippen molar-refractivity contribution in [2.75, 3.05) is 13.2 Å². The predicted octanol–water partition coefficient (Wildman–Crippen LogP) is 3.08. The number of rotatable bonds is 5. The van der Waals surface area contributed by atoms with Gasteiger partial charge in [0.25, 0.3) is 0 Å². The van der Waals surface area contributed by atoms with Crippen molar-refractivity contribution in [3.8, 4) is 5.75 Å². The molecule has 5 nitrogen and oxygen atoms in total. The van der Waals surface area contributed by atoms with Crippen LogP contribution in [0.25, 0.3) is 0 Å². The van der Waals surface area contributed by atoms with Gasteiger partial charge in [-0.15, -0.1) is 0 Å².